The number of phenols is 15. The van der Waals surface area contributed by atoms with E-state index < -0.39 is 220 Å². The molecule has 3 aliphatic rings. The highest BCUT2D eigenvalue weighted by molar-refractivity contribution is 6.14. The lowest BCUT2D eigenvalue weighted by Crippen LogP contribution is -2.53. The molecule has 16 N–H and O–H groups in total. The summed E-state index contributed by atoms with van der Waals surface area (Å²) in [5.41, 5.74) is -13.3. The van der Waals surface area contributed by atoms with Crippen LogP contribution in [-0.4, -0.2) is 143 Å². The maximum Gasteiger partial charge on any atom is 0.340 e. The highest BCUT2D eigenvalue weighted by Crippen LogP contribution is 2.61. The average molecular weight is 965 g/mol. The molecule has 3 heterocycles. The number of phenolic OH excluding ortho intramolecular Hbond substituents is 15. The van der Waals surface area contributed by atoms with Gasteiger partial charge < -0.3 is 105 Å². The van der Waals surface area contributed by atoms with Gasteiger partial charge in [-0.05, 0) is 30.7 Å². The Labute approximate surface area is 380 Å². The summed E-state index contributed by atoms with van der Waals surface area (Å²) in [7, 11) is 0. The van der Waals surface area contributed by atoms with Crippen molar-refractivity contribution in [3.63, 3.8) is 0 Å². The molecule has 26 heteroatoms. The zero-order chi connectivity index (χ0) is 50.6. The van der Waals surface area contributed by atoms with Crippen LogP contribution in [0.15, 0.2) is 18.2 Å². The van der Waals surface area contributed by atoms with Gasteiger partial charge in [0.2, 0.25) is 28.7 Å². The van der Waals surface area contributed by atoms with E-state index in [2.05, 4.69) is 0 Å². The van der Waals surface area contributed by atoms with Crippen LogP contribution in [0, 0.1) is 6.92 Å². The zero-order valence-corrected chi connectivity index (χ0v) is 34.3. The second kappa shape index (κ2) is 16.1. The summed E-state index contributed by atoms with van der Waals surface area (Å²) >= 11 is 0. The van der Waals surface area contributed by atoms with Gasteiger partial charge in [-0.15, -0.1) is 0 Å². The topological polar surface area (TPSA) is 455 Å². The predicted octanol–water partition coefficient (Wildman–Crippen LogP) is 2.02. The van der Waals surface area contributed by atoms with Crippen LogP contribution in [0.2, 0.25) is 0 Å². The summed E-state index contributed by atoms with van der Waals surface area (Å²) in [4.78, 5) is 70.9. The van der Waals surface area contributed by atoms with Crippen LogP contribution in [0.3, 0.4) is 0 Å². The van der Waals surface area contributed by atoms with Crippen LogP contribution in [-0.2, 0) is 28.5 Å². The number of aliphatic hydroxyl groups excluding tert-OH is 1. The number of benzene rings is 5. The third kappa shape index (κ3) is 6.71. The number of aromatic hydroxyl groups is 15. The Hall–Kier alpha value is -9.59. The SMILES string of the molecule is Cc1c2c(O)c(O)c(O)c1[C@@H](O)CC(OC=O)C1OC(=O)c3c(c(O)c(O)c(O)c3-2)-c2c(cc(O)c(O)c2O)C(=O)OC2COC(=O)c3cc(O)c(O)c(O)c3-c3c(cc(O)c(O)c3O)C(=O)OC21. The number of carbonyl (C=O) groups excluding carboxylic acids is 5. The summed E-state index contributed by atoms with van der Waals surface area (Å²) in [6, 6.07) is 1.12. The highest BCUT2D eigenvalue weighted by atomic mass is 16.6. The fourth-order valence-corrected chi connectivity index (χ4v) is 8.53. The summed E-state index contributed by atoms with van der Waals surface area (Å²) in [6.45, 7) is -0.818. The minimum absolute atomic E-state index is 0.336. The van der Waals surface area contributed by atoms with E-state index in [-0.39, 0.29) is 6.47 Å². The Kier molecular flexibility index (Phi) is 10.7. The number of hydrogen-bond donors (Lipinski definition) is 16. The normalized spacial score (nSPS) is 19.8. The lowest BCUT2D eigenvalue weighted by Gasteiger charge is -2.36. The molecule has 360 valence electrons. The summed E-state index contributed by atoms with van der Waals surface area (Å²) in [5, 5.41) is 177. The molecule has 8 rings (SSSR count). The van der Waals surface area contributed by atoms with Gasteiger partial charge in [0, 0.05) is 45.4 Å². The first-order valence-corrected chi connectivity index (χ1v) is 19.4. The van der Waals surface area contributed by atoms with Crippen molar-refractivity contribution < 1.29 is 129 Å². The van der Waals surface area contributed by atoms with Crippen molar-refractivity contribution in [2.75, 3.05) is 6.61 Å². The van der Waals surface area contributed by atoms with Gasteiger partial charge >= 0.3 is 23.9 Å². The monoisotopic (exact) mass is 964 g/mol. The van der Waals surface area contributed by atoms with Crippen LogP contribution < -0.4 is 0 Å². The van der Waals surface area contributed by atoms with Crippen molar-refractivity contribution in [3.8, 4) is 120 Å². The molecule has 0 amide bonds. The number of cyclic esters (lactones) is 1. The predicted molar refractivity (Wildman–Crippen MR) is 217 cm³/mol. The molecule has 5 aromatic carbocycles. The van der Waals surface area contributed by atoms with Gasteiger partial charge in [0.15, 0.2) is 75.8 Å². The van der Waals surface area contributed by atoms with E-state index in [1.807, 2.05) is 0 Å². The minimum atomic E-state index is -2.70. The molecule has 4 unspecified atom stereocenters. The van der Waals surface area contributed by atoms with Crippen molar-refractivity contribution in [1.82, 2.24) is 0 Å². The molecule has 69 heavy (non-hydrogen) atoms. The number of hydrogen-bond acceptors (Lipinski definition) is 26. The number of rotatable bonds is 2. The summed E-state index contributed by atoms with van der Waals surface area (Å²) in [6.07, 6.45) is -13.7. The van der Waals surface area contributed by atoms with E-state index in [9.17, 15) is 101 Å². The molecule has 3 aliphatic heterocycles. The number of ether oxygens (including phenoxy) is 5. The molecule has 5 aromatic rings. The molecule has 4 bridgehead atoms. The molecule has 0 aliphatic carbocycles. The molecule has 0 fully saturated rings. The fourth-order valence-electron chi connectivity index (χ4n) is 8.53. The Balaban J connectivity index is 1.54. The maximum absolute atomic E-state index is 15.2. The van der Waals surface area contributed by atoms with Crippen molar-refractivity contribution in [2.45, 2.75) is 43.9 Å². The molecule has 0 aromatic heterocycles. The van der Waals surface area contributed by atoms with E-state index in [4.69, 9.17) is 23.7 Å². The first kappa shape index (κ1) is 46.0. The number of esters is 4. The van der Waals surface area contributed by atoms with E-state index in [1.54, 1.807) is 0 Å². The lowest BCUT2D eigenvalue weighted by molar-refractivity contribution is -0.160. The Morgan fingerprint density at radius 2 is 0.884 bits per heavy atom. The van der Waals surface area contributed by atoms with Crippen LogP contribution in [0.25, 0.3) is 33.4 Å². The molecule has 0 saturated carbocycles. The highest BCUT2D eigenvalue weighted by Gasteiger charge is 2.50. The van der Waals surface area contributed by atoms with Gasteiger partial charge in [0.25, 0.3) is 6.47 Å². The molecular formula is C43H32O26. The van der Waals surface area contributed by atoms with Crippen LogP contribution in [0.4, 0.5) is 0 Å². The molecule has 5 atom stereocenters. The van der Waals surface area contributed by atoms with E-state index in [1.165, 1.54) is 0 Å². The van der Waals surface area contributed by atoms with Crippen molar-refractivity contribution in [1.29, 1.82) is 0 Å². The van der Waals surface area contributed by atoms with Crippen LogP contribution in [0.5, 0.6) is 86.2 Å². The molecule has 0 saturated heterocycles. The van der Waals surface area contributed by atoms with Gasteiger partial charge in [-0.2, -0.15) is 0 Å². The first-order valence-electron chi connectivity index (χ1n) is 19.4. The average Bonchev–Trinajstić information content (AvgIpc) is 3.32. The third-order valence-electron chi connectivity index (χ3n) is 11.7. The second-order valence-electron chi connectivity index (χ2n) is 15.5. The third-order valence-corrected chi connectivity index (χ3v) is 11.7. The van der Waals surface area contributed by atoms with Crippen molar-refractivity contribution >= 4 is 30.3 Å². The quantitative estimate of drug-likeness (QED) is 0.0521. The Morgan fingerprint density at radius 3 is 1.39 bits per heavy atom. The van der Waals surface area contributed by atoms with Crippen molar-refractivity contribution in [2.24, 2.45) is 0 Å². The lowest BCUT2D eigenvalue weighted by atomic mass is 9.83. The Morgan fingerprint density at radius 1 is 0.478 bits per heavy atom. The minimum Gasteiger partial charge on any atom is -0.504 e. The second-order valence-corrected chi connectivity index (χ2v) is 15.5. The number of fused-ring (bicyclic) bond motifs is 12. The smallest absolute Gasteiger partial charge is 0.340 e. The van der Waals surface area contributed by atoms with E-state index in [0.29, 0.717) is 18.2 Å². The number of aliphatic hydroxyl groups is 1. The van der Waals surface area contributed by atoms with Gasteiger partial charge in [0.05, 0.1) is 28.4 Å². The van der Waals surface area contributed by atoms with E-state index >= 15 is 4.79 Å². The zero-order valence-electron chi connectivity index (χ0n) is 34.3. The number of carbonyl (C=O) groups is 5. The molecular weight excluding hydrogens is 932 g/mol. The van der Waals surface area contributed by atoms with Crippen LogP contribution >= 0.6 is 0 Å². The van der Waals surface area contributed by atoms with Gasteiger partial charge in [-0.25, -0.2) is 19.2 Å². The standard InChI is InChI=1S/C43H32O26/c1-8-18-12(45)5-16(66-7-44)38-39-17(6-65-40(61)9-2-13(46)26(49)31(54)20(9)21-10(42(63)68-39)3-14(47)27(50)32(21)55)67-41(62)11-4-15(48)28(51)33(56)22(11)24-25(43(64)69-38)23(34(57)37(60)35(24)58)19(8)30(53)36(59)29(18)52/h2-4,7,12,16-17,38-39,45-60H,5-6H2,1H3/t12-,16?,17?,38?,39?/m0/s1. The first-order chi connectivity index (χ1) is 32.4. The summed E-state index contributed by atoms with van der Waals surface area (Å²) in [5.74, 6) is -29.5. The molecule has 0 radical (unpaired) electrons. The molecule has 26 nitrogen and oxygen atoms in total. The Bertz CT molecular complexity index is 3150. The van der Waals surface area contributed by atoms with Gasteiger partial charge in [0.1, 0.15) is 12.7 Å². The van der Waals surface area contributed by atoms with Crippen molar-refractivity contribution in [3.05, 3.63) is 51.6 Å². The maximum atomic E-state index is 15.2. The molecule has 0 spiro atoms. The largest absolute Gasteiger partial charge is 0.504 e. The van der Waals surface area contributed by atoms with Gasteiger partial charge in [-0.1, -0.05) is 0 Å². The van der Waals surface area contributed by atoms with Crippen LogP contribution in [0.1, 0.15) is 65.1 Å². The fraction of sp³-hybridized carbons (Fsp3) is 0.186. The van der Waals surface area contributed by atoms with Gasteiger partial charge in [-0.3, -0.25) is 4.79 Å². The van der Waals surface area contributed by atoms with E-state index in [0.717, 1.165) is 6.92 Å². The summed E-state index contributed by atoms with van der Waals surface area (Å²) < 4.78 is 27.8.